The number of hydrogen-bond donors (Lipinski definition) is 1. The third kappa shape index (κ3) is 2.55. The van der Waals surface area contributed by atoms with Gasteiger partial charge in [-0.05, 0) is 37.8 Å². The summed E-state index contributed by atoms with van der Waals surface area (Å²) in [4.78, 5) is 13.2. The Morgan fingerprint density at radius 3 is 2.60 bits per heavy atom. The van der Waals surface area contributed by atoms with Gasteiger partial charge in [0.15, 0.2) is 0 Å². The van der Waals surface area contributed by atoms with Gasteiger partial charge in [0, 0.05) is 13.1 Å². The molecule has 1 spiro atoms. The van der Waals surface area contributed by atoms with Crippen LogP contribution in [0.3, 0.4) is 0 Å². The Balaban J connectivity index is 0.00000112. The van der Waals surface area contributed by atoms with Crippen LogP contribution in [-0.2, 0) is 4.74 Å². The quantitative estimate of drug-likeness (QED) is 0.686. The lowest BCUT2D eigenvalue weighted by Crippen LogP contribution is -2.39. The fraction of sp³-hybridized carbons (Fsp3) is 0.900. The highest BCUT2D eigenvalue weighted by molar-refractivity contribution is 5.85. The minimum atomic E-state index is -0.166. The van der Waals surface area contributed by atoms with Gasteiger partial charge in [0.25, 0.3) is 0 Å². The molecule has 15 heavy (non-hydrogen) atoms. The Morgan fingerprint density at radius 1 is 1.33 bits per heavy atom. The summed E-state index contributed by atoms with van der Waals surface area (Å²) in [6.45, 7) is 3.94. The van der Waals surface area contributed by atoms with Crippen LogP contribution in [0.15, 0.2) is 0 Å². The maximum absolute atomic E-state index is 11.3. The molecule has 0 atom stereocenters. The van der Waals surface area contributed by atoms with Crippen LogP contribution >= 0.6 is 12.4 Å². The van der Waals surface area contributed by atoms with Gasteiger partial charge in [0.05, 0.1) is 7.11 Å². The van der Waals surface area contributed by atoms with Gasteiger partial charge in [-0.25, -0.2) is 4.79 Å². The second-order valence-electron chi connectivity index (χ2n) is 4.39. The van der Waals surface area contributed by atoms with Gasteiger partial charge in [-0.3, -0.25) is 0 Å². The first-order chi connectivity index (χ1) is 6.76. The van der Waals surface area contributed by atoms with Crippen LogP contribution < -0.4 is 5.32 Å². The highest BCUT2D eigenvalue weighted by atomic mass is 35.5. The molecule has 1 amide bonds. The number of ether oxygens (including phenoxy) is 1. The molecule has 1 N–H and O–H groups in total. The van der Waals surface area contributed by atoms with E-state index in [4.69, 9.17) is 4.74 Å². The summed E-state index contributed by atoms with van der Waals surface area (Å²) in [6.07, 6.45) is 3.37. The summed E-state index contributed by atoms with van der Waals surface area (Å²) in [7, 11) is 1.45. The number of amides is 1. The van der Waals surface area contributed by atoms with Gasteiger partial charge < -0.3 is 15.0 Å². The molecular weight excluding hydrogens is 216 g/mol. The van der Waals surface area contributed by atoms with Gasteiger partial charge in [-0.1, -0.05) is 0 Å². The van der Waals surface area contributed by atoms with Crippen molar-refractivity contribution in [3.63, 3.8) is 0 Å². The van der Waals surface area contributed by atoms with E-state index in [9.17, 15) is 4.79 Å². The zero-order valence-corrected chi connectivity index (χ0v) is 9.94. The Hall–Kier alpha value is -0.480. The molecule has 2 fully saturated rings. The molecule has 0 radical (unpaired) electrons. The number of likely N-dealkylation sites (tertiary alicyclic amines) is 1. The van der Waals surface area contributed by atoms with E-state index in [1.165, 1.54) is 20.0 Å². The lowest BCUT2D eigenvalue weighted by molar-refractivity contribution is 0.122. The van der Waals surface area contributed by atoms with Crippen molar-refractivity contribution in [1.29, 1.82) is 0 Å². The third-order valence-corrected chi connectivity index (χ3v) is 3.54. The second-order valence-corrected chi connectivity index (χ2v) is 4.39. The van der Waals surface area contributed by atoms with E-state index in [1.807, 2.05) is 4.90 Å². The number of hydrogen-bond acceptors (Lipinski definition) is 3. The van der Waals surface area contributed by atoms with E-state index >= 15 is 0 Å². The Morgan fingerprint density at radius 2 is 2.00 bits per heavy atom. The van der Waals surface area contributed by atoms with Gasteiger partial charge in [0.2, 0.25) is 0 Å². The second kappa shape index (κ2) is 5.03. The fourth-order valence-electron chi connectivity index (χ4n) is 2.59. The Bertz CT molecular complexity index is 229. The fourth-order valence-corrected chi connectivity index (χ4v) is 2.59. The van der Waals surface area contributed by atoms with Gasteiger partial charge in [0.1, 0.15) is 0 Å². The van der Waals surface area contributed by atoms with Crippen molar-refractivity contribution in [1.82, 2.24) is 10.2 Å². The van der Waals surface area contributed by atoms with Crippen LogP contribution in [0, 0.1) is 5.41 Å². The van der Waals surface area contributed by atoms with Gasteiger partial charge in [-0.15, -0.1) is 12.4 Å². The molecule has 88 valence electrons. The molecule has 0 saturated carbocycles. The molecule has 0 aromatic carbocycles. The SMILES string of the molecule is COC(=O)N1CCC2(CCNCC2)C1.Cl. The first-order valence-electron chi connectivity index (χ1n) is 5.29. The van der Waals surface area contributed by atoms with Crippen molar-refractivity contribution in [2.24, 2.45) is 5.41 Å². The lowest BCUT2D eigenvalue weighted by Gasteiger charge is -2.33. The lowest BCUT2D eigenvalue weighted by atomic mass is 9.78. The molecule has 0 aliphatic carbocycles. The number of nitrogens with zero attached hydrogens (tertiary/aromatic N) is 1. The summed E-state index contributed by atoms with van der Waals surface area (Å²) >= 11 is 0. The molecule has 2 saturated heterocycles. The molecule has 5 heteroatoms. The molecule has 0 aromatic heterocycles. The number of rotatable bonds is 0. The predicted octanol–water partition coefficient (Wildman–Crippen LogP) is 1.25. The highest BCUT2D eigenvalue weighted by Crippen LogP contribution is 2.38. The van der Waals surface area contributed by atoms with Crippen molar-refractivity contribution >= 4 is 18.5 Å². The van der Waals surface area contributed by atoms with Crippen molar-refractivity contribution < 1.29 is 9.53 Å². The average molecular weight is 235 g/mol. The number of piperidine rings is 1. The number of halogens is 1. The maximum Gasteiger partial charge on any atom is 0.409 e. The molecule has 2 aliphatic heterocycles. The van der Waals surface area contributed by atoms with E-state index < -0.39 is 0 Å². The summed E-state index contributed by atoms with van der Waals surface area (Å²) in [5.74, 6) is 0. The monoisotopic (exact) mass is 234 g/mol. The zero-order chi connectivity index (χ0) is 10.0. The van der Waals surface area contributed by atoms with Crippen LogP contribution in [0.1, 0.15) is 19.3 Å². The number of nitrogens with one attached hydrogen (secondary N) is 1. The van der Waals surface area contributed by atoms with Crippen molar-refractivity contribution in [3.05, 3.63) is 0 Å². The molecule has 0 aromatic rings. The summed E-state index contributed by atoms with van der Waals surface area (Å²) in [6, 6.07) is 0. The highest BCUT2D eigenvalue weighted by Gasteiger charge is 2.40. The number of carbonyl (C=O) groups is 1. The minimum absolute atomic E-state index is 0. The third-order valence-electron chi connectivity index (χ3n) is 3.54. The predicted molar refractivity (Wildman–Crippen MR) is 60.4 cm³/mol. The van der Waals surface area contributed by atoms with Crippen molar-refractivity contribution in [2.45, 2.75) is 19.3 Å². The first kappa shape index (κ1) is 12.6. The molecule has 2 rings (SSSR count). The largest absolute Gasteiger partial charge is 0.453 e. The normalized spacial score (nSPS) is 23.7. The van der Waals surface area contributed by atoms with E-state index in [0.29, 0.717) is 5.41 Å². The number of methoxy groups -OCH3 is 1. The van der Waals surface area contributed by atoms with E-state index in [0.717, 1.165) is 32.6 Å². The topological polar surface area (TPSA) is 41.6 Å². The molecule has 2 aliphatic rings. The molecule has 2 heterocycles. The summed E-state index contributed by atoms with van der Waals surface area (Å²) < 4.78 is 4.74. The smallest absolute Gasteiger partial charge is 0.409 e. The van der Waals surface area contributed by atoms with Crippen LogP contribution in [0.5, 0.6) is 0 Å². The molecular formula is C10H19ClN2O2. The van der Waals surface area contributed by atoms with Crippen LogP contribution in [-0.4, -0.2) is 44.3 Å². The minimum Gasteiger partial charge on any atom is -0.453 e. The van der Waals surface area contributed by atoms with Crippen molar-refractivity contribution in [2.75, 3.05) is 33.3 Å². The molecule has 0 unspecified atom stereocenters. The molecule has 4 nitrogen and oxygen atoms in total. The van der Waals surface area contributed by atoms with E-state index in [2.05, 4.69) is 5.32 Å². The van der Waals surface area contributed by atoms with Crippen LogP contribution in [0.4, 0.5) is 4.79 Å². The van der Waals surface area contributed by atoms with E-state index in [-0.39, 0.29) is 18.5 Å². The zero-order valence-electron chi connectivity index (χ0n) is 9.12. The van der Waals surface area contributed by atoms with Crippen molar-refractivity contribution in [3.8, 4) is 0 Å². The van der Waals surface area contributed by atoms with Gasteiger partial charge in [-0.2, -0.15) is 0 Å². The van der Waals surface area contributed by atoms with Crippen LogP contribution in [0.2, 0.25) is 0 Å². The summed E-state index contributed by atoms with van der Waals surface area (Å²) in [5, 5.41) is 3.36. The average Bonchev–Trinajstić information content (AvgIpc) is 2.62. The van der Waals surface area contributed by atoms with Gasteiger partial charge >= 0.3 is 6.09 Å². The Kier molecular flexibility index (Phi) is 4.22. The van der Waals surface area contributed by atoms with E-state index in [1.54, 1.807) is 0 Å². The van der Waals surface area contributed by atoms with Crippen LogP contribution in [0.25, 0.3) is 0 Å². The standard InChI is InChI=1S/C10H18N2O2.ClH/c1-14-9(13)12-7-4-10(8-12)2-5-11-6-3-10;/h11H,2-8H2,1H3;1H. The number of carbonyl (C=O) groups excluding carboxylic acids is 1. The summed E-state index contributed by atoms with van der Waals surface area (Å²) in [5.41, 5.74) is 0.388. The first-order valence-corrected chi connectivity index (χ1v) is 5.29. The maximum atomic E-state index is 11.3. The molecule has 0 bridgehead atoms. The Labute approximate surface area is 96.7 Å².